The van der Waals surface area contributed by atoms with E-state index in [0.29, 0.717) is 0 Å². The average Bonchev–Trinajstić information content (AvgIpc) is 2.14. The number of carboxylic acid groups (broad SMARTS) is 1. The second-order valence-electron chi connectivity index (χ2n) is 4.90. The fourth-order valence-corrected chi connectivity index (χ4v) is 1.03. The number of nitrogens with zero attached hydrogens (tertiary/aromatic N) is 1. The van der Waals surface area contributed by atoms with Crippen LogP contribution in [0.3, 0.4) is 0 Å². The maximum absolute atomic E-state index is 11.5. The molecule has 1 amide bonds. The van der Waals surface area contributed by atoms with Gasteiger partial charge in [0.2, 0.25) is 0 Å². The van der Waals surface area contributed by atoms with Gasteiger partial charge in [-0.15, -0.1) is 0 Å². The molecule has 0 saturated heterocycles. The van der Waals surface area contributed by atoms with Gasteiger partial charge in [0, 0.05) is 0 Å². The van der Waals surface area contributed by atoms with Crippen LogP contribution in [0, 0.1) is 11.3 Å². The Hall–Kier alpha value is -0.394. The Morgan fingerprint density at radius 2 is 1.95 bits per heavy atom. The first-order valence-corrected chi connectivity index (χ1v) is 5.40. The molecule has 0 aliphatic carbocycles. The molecule has 1 unspecified atom stereocenters. The van der Waals surface area contributed by atoms with Gasteiger partial charge in [-0.2, -0.15) is 5.26 Å². The predicted molar refractivity (Wildman–Crippen MR) is 65.9 cm³/mol. The number of aliphatic carboxylic acids is 1. The van der Waals surface area contributed by atoms with E-state index in [9.17, 15) is 9.59 Å². The van der Waals surface area contributed by atoms with Crippen LogP contribution in [0.25, 0.3) is 0 Å². The molecule has 0 aliphatic rings. The number of carboxylic acids is 1. The molecule has 0 aromatic rings. The zero-order valence-corrected chi connectivity index (χ0v) is 15.1. The molecular formula is C12H19KN2O4. The van der Waals surface area contributed by atoms with Crippen LogP contribution < -0.4 is 56.7 Å². The third kappa shape index (κ3) is 9.19. The number of alkyl carbamates (subject to hydrolysis) is 1. The van der Waals surface area contributed by atoms with Gasteiger partial charge in [-0.3, -0.25) is 0 Å². The average molecular weight is 294 g/mol. The standard InChI is InChI=1S/C12H18N2O4.K.H/c1-11(2,3)18-10(17)14-12(4,9(15)16)7-5-6-8-13;;/h5,7H,6H2,1-4H3,(H,14,17)(H,15,16);;/q;+1;-1/b7-5-;;. The van der Waals surface area contributed by atoms with Crippen LogP contribution in [0.1, 0.15) is 35.5 Å². The number of amides is 1. The zero-order valence-electron chi connectivity index (χ0n) is 13.0. The fraction of sp³-hybridized carbons (Fsp3) is 0.583. The number of nitriles is 1. The van der Waals surface area contributed by atoms with E-state index >= 15 is 0 Å². The third-order valence-corrected chi connectivity index (χ3v) is 1.87. The SMILES string of the molecule is CC(C)(C)OC(=O)NC(C)(/C=C\CC#N)C(=O)O.[H-].[K+]. The molecule has 102 valence electrons. The minimum Gasteiger partial charge on any atom is -1.00 e. The largest absolute Gasteiger partial charge is 1.00 e. The number of ether oxygens (including phenoxy) is 1. The van der Waals surface area contributed by atoms with E-state index in [0.717, 1.165) is 0 Å². The van der Waals surface area contributed by atoms with Crippen LogP contribution in [0.4, 0.5) is 4.79 Å². The summed E-state index contributed by atoms with van der Waals surface area (Å²) < 4.78 is 4.98. The Bertz CT molecular complexity index is 401. The summed E-state index contributed by atoms with van der Waals surface area (Å²) in [6, 6.07) is 1.85. The summed E-state index contributed by atoms with van der Waals surface area (Å²) in [5.74, 6) is -1.23. The number of nitrogens with one attached hydrogen (secondary N) is 1. The molecule has 0 spiro atoms. The summed E-state index contributed by atoms with van der Waals surface area (Å²) in [6.07, 6.45) is 1.88. The van der Waals surface area contributed by atoms with Crippen molar-refractivity contribution in [3.05, 3.63) is 12.2 Å². The molecule has 0 aromatic heterocycles. The van der Waals surface area contributed by atoms with Crippen molar-refractivity contribution in [2.24, 2.45) is 0 Å². The monoisotopic (exact) mass is 294 g/mol. The molecule has 0 rings (SSSR count). The first-order chi connectivity index (χ1) is 8.10. The van der Waals surface area contributed by atoms with Gasteiger partial charge in [0.25, 0.3) is 0 Å². The maximum Gasteiger partial charge on any atom is 1.00 e. The minimum absolute atomic E-state index is 0. The van der Waals surface area contributed by atoms with Crippen molar-refractivity contribution < 1.29 is 72.2 Å². The second kappa shape index (κ2) is 8.71. The molecule has 0 bridgehead atoms. The first kappa shape index (κ1) is 20.9. The van der Waals surface area contributed by atoms with Gasteiger partial charge in [0.15, 0.2) is 5.54 Å². The number of rotatable bonds is 4. The molecule has 0 radical (unpaired) electrons. The van der Waals surface area contributed by atoms with Crippen molar-refractivity contribution in [2.75, 3.05) is 0 Å². The van der Waals surface area contributed by atoms with E-state index in [1.807, 2.05) is 6.07 Å². The Balaban J connectivity index is -0.00000144. The Morgan fingerprint density at radius 3 is 2.32 bits per heavy atom. The van der Waals surface area contributed by atoms with E-state index in [-0.39, 0.29) is 59.2 Å². The van der Waals surface area contributed by atoms with Crippen molar-refractivity contribution in [3.63, 3.8) is 0 Å². The van der Waals surface area contributed by atoms with E-state index in [1.54, 1.807) is 20.8 Å². The molecule has 19 heavy (non-hydrogen) atoms. The quantitative estimate of drug-likeness (QED) is 0.508. The fourth-order valence-electron chi connectivity index (χ4n) is 1.03. The van der Waals surface area contributed by atoms with Crippen LogP contribution in [0.2, 0.25) is 0 Å². The molecular weight excluding hydrogens is 275 g/mol. The summed E-state index contributed by atoms with van der Waals surface area (Å²) >= 11 is 0. The second-order valence-corrected chi connectivity index (χ2v) is 4.90. The summed E-state index contributed by atoms with van der Waals surface area (Å²) in [5, 5.41) is 19.7. The van der Waals surface area contributed by atoms with E-state index in [1.165, 1.54) is 19.1 Å². The van der Waals surface area contributed by atoms with E-state index < -0.39 is 23.2 Å². The smallest absolute Gasteiger partial charge is 1.00 e. The molecule has 0 fully saturated rings. The molecule has 7 heteroatoms. The van der Waals surface area contributed by atoms with Crippen LogP contribution in [-0.2, 0) is 9.53 Å². The number of hydrogen-bond donors (Lipinski definition) is 2. The van der Waals surface area contributed by atoms with Gasteiger partial charge in [-0.1, -0.05) is 12.2 Å². The van der Waals surface area contributed by atoms with Gasteiger partial charge >= 0.3 is 63.4 Å². The number of carbonyl (C=O) groups excluding carboxylic acids is 1. The van der Waals surface area contributed by atoms with Gasteiger partial charge < -0.3 is 16.6 Å². The van der Waals surface area contributed by atoms with E-state index in [4.69, 9.17) is 15.1 Å². The number of carbonyl (C=O) groups is 2. The van der Waals surface area contributed by atoms with Crippen molar-refractivity contribution in [1.82, 2.24) is 5.32 Å². The summed E-state index contributed by atoms with van der Waals surface area (Å²) in [6.45, 7) is 6.34. The summed E-state index contributed by atoms with van der Waals surface area (Å²) in [7, 11) is 0. The van der Waals surface area contributed by atoms with E-state index in [2.05, 4.69) is 5.32 Å². The van der Waals surface area contributed by atoms with Crippen molar-refractivity contribution >= 4 is 12.1 Å². The Labute approximate surface area is 157 Å². The molecule has 0 aliphatic heterocycles. The molecule has 0 aromatic carbocycles. The predicted octanol–water partition coefficient (Wildman–Crippen LogP) is -1.06. The molecule has 0 saturated carbocycles. The van der Waals surface area contributed by atoms with Gasteiger partial charge in [-0.05, 0) is 27.7 Å². The zero-order chi connectivity index (χ0) is 14.4. The third-order valence-electron chi connectivity index (χ3n) is 1.87. The maximum atomic E-state index is 11.5. The van der Waals surface area contributed by atoms with Crippen LogP contribution >= 0.6 is 0 Å². The van der Waals surface area contributed by atoms with Crippen LogP contribution in [-0.4, -0.2) is 28.3 Å². The van der Waals surface area contributed by atoms with Gasteiger partial charge in [0.05, 0.1) is 12.5 Å². The van der Waals surface area contributed by atoms with Crippen molar-refractivity contribution in [2.45, 2.75) is 45.3 Å². The van der Waals surface area contributed by atoms with Gasteiger partial charge in [0.1, 0.15) is 5.60 Å². The van der Waals surface area contributed by atoms with Crippen molar-refractivity contribution in [3.8, 4) is 6.07 Å². The van der Waals surface area contributed by atoms with Crippen molar-refractivity contribution in [1.29, 1.82) is 5.26 Å². The Kier molecular flexibility index (Phi) is 9.59. The first-order valence-electron chi connectivity index (χ1n) is 5.40. The summed E-state index contributed by atoms with van der Waals surface area (Å²) in [4.78, 5) is 22.6. The van der Waals surface area contributed by atoms with Crippen LogP contribution in [0.15, 0.2) is 12.2 Å². The Morgan fingerprint density at radius 1 is 1.42 bits per heavy atom. The molecule has 6 nitrogen and oxygen atoms in total. The summed E-state index contributed by atoms with van der Waals surface area (Å²) in [5.41, 5.74) is -2.31. The molecule has 1 atom stereocenters. The topological polar surface area (TPSA) is 99.4 Å². The van der Waals surface area contributed by atoms with Gasteiger partial charge in [-0.25, -0.2) is 9.59 Å². The number of hydrogen-bond acceptors (Lipinski definition) is 4. The minimum atomic E-state index is -1.60. The molecule has 0 heterocycles. The molecule has 2 N–H and O–H groups in total. The normalized spacial score (nSPS) is 13.8. The number of allylic oxidation sites excluding steroid dienone is 1. The van der Waals surface area contributed by atoms with Crippen LogP contribution in [0.5, 0.6) is 0 Å².